The van der Waals surface area contributed by atoms with E-state index in [0.29, 0.717) is 21.6 Å². The van der Waals surface area contributed by atoms with Gasteiger partial charge in [-0.05, 0) is 55.1 Å². The quantitative estimate of drug-likeness (QED) is 0.479. The van der Waals surface area contributed by atoms with E-state index in [1.807, 2.05) is 42.3 Å². The van der Waals surface area contributed by atoms with Crippen LogP contribution in [0.25, 0.3) is 0 Å². The van der Waals surface area contributed by atoms with Crippen LogP contribution in [0.15, 0.2) is 65.5 Å². The number of rotatable bonds is 3. The summed E-state index contributed by atoms with van der Waals surface area (Å²) in [5, 5.41) is 0.507. The van der Waals surface area contributed by atoms with Crippen molar-refractivity contribution >= 4 is 57.4 Å². The van der Waals surface area contributed by atoms with Gasteiger partial charge in [0.15, 0.2) is 5.54 Å². The molecule has 0 saturated carbocycles. The van der Waals surface area contributed by atoms with E-state index < -0.39 is 10.3 Å². The lowest BCUT2D eigenvalue weighted by atomic mass is 9.72. The van der Waals surface area contributed by atoms with Gasteiger partial charge in [-0.25, -0.2) is 0 Å². The molecule has 2 aromatic heterocycles. The Balaban J connectivity index is 1.62. The predicted molar refractivity (Wildman–Crippen MR) is 138 cm³/mol. The van der Waals surface area contributed by atoms with Crippen LogP contribution in [0.1, 0.15) is 22.8 Å². The van der Waals surface area contributed by atoms with Crippen molar-refractivity contribution in [3.8, 4) is 0 Å². The fraction of sp³-hybridized carbons (Fsp3) is 0.280. The third kappa shape index (κ3) is 2.83. The van der Waals surface area contributed by atoms with Gasteiger partial charge in [0, 0.05) is 48.2 Å². The molecular weight excluding hydrogens is 504 g/mol. The molecule has 3 aromatic rings. The molecule has 2 amide bonds. The Morgan fingerprint density at radius 1 is 1.17 bits per heavy atom. The molecule has 0 N–H and O–H groups in total. The van der Waals surface area contributed by atoms with Gasteiger partial charge >= 0.3 is 0 Å². The molecule has 3 aliphatic heterocycles. The summed E-state index contributed by atoms with van der Waals surface area (Å²) < 4.78 is 4.71. The number of aromatic nitrogens is 1. The number of thiocarbonyl (C=S) groups is 1. The first kappa shape index (κ1) is 22.7. The van der Waals surface area contributed by atoms with E-state index in [1.165, 1.54) is 11.8 Å². The SMILES string of the molecule is CN1C(=O)[C@]2(c3cc(Cl)ccc31)N(C)C[C@H](c1ccncc1)[C@@]21SC(=S)N(Cc2ccco2)C1=O. The van der Waals surface area contributed by atoms with Gasteiger partial charge in [-0.2, -0.15) is 0 Å². The largest absolute Gasteiger partial charge is 0.467 e. The Morgan fingerprint density at radius 2 is 1.94 bits per heavy atom. The third-order valence-corrected chi connectivity index (χ3v) is 9.59. The first-order valence-corrected chi connectivity index (χ1v) is 12.7. The summed E-state index contributed by atoms with van der Waals surface area (Å²) in [5.74, 6) is -0.0747. The molecule has 35 heavy (non-hydrogen) atoms. The number of benzene rings is 1. The topological polar surface area (TPSA) is 69.9 Å². The van der Waals surface area contributed by atoms with Crippen LogP contribution in [-0.2, 0) is 21.7 Å². The highest BCUT2D eigenvalue weighted by Crippen LogP contribution is 2.66. The maximum atomic E-state index is 14.6. The van der Waals surface area contributed by atoms with Crippen LogP contribution < -0.4 is 4.90 Å². The molecule has 7 nitrogen and oxygen atoms in total. The third-order valence-electron chi connectivity index (χ3n) is 7.42. The molecule has 0 aliphatic carbocycles. The minimum Gasteiger partial charge on any atom is -0.467 e. The van der Waals surface area contributed by atoms with E-state index in [9.17, 15) is 9.59 Å². The summed E-state index contributed by atoms with van der Waals surface area (Å²) in [5.41, 5.74) is 1.10. The number of carbonyl (C=O) groups excluding carboxylic acids is 2. The maximum absolute atomic E-state index is 14.6. The van der Waals surface area contributed by atoms with Crippen LogP contribution in [0.3, 0.4) is 0 Å². The second-order valence-electron chi connectivity index (χ2n) is 9.02. The molecule has 2 spiro atoms. The molecule has 2 saturated heterocycles. The number of fused-ring (bicyclic) bond motifs is 3. The highest BCUT2D eigenvalue weighted by molar-refractivity contribution is 8.25. The van der Waals surface area contributed by atoms with E-state index in [-0.39, 0.29) is 24.3 Å². The van der Waals surface area contributed by atoms with Crippen molar-refractivity contribution < 1.29 is 14.0 Å². The molecule has 2 fully saturated rings. The van der Waals surface area contributed by atoms with Crippen molar-refractivity contribution in [2.75, 3.05) is 25.5 Å². The number of likely N-dealkylation sites (tertiary alicyclic amines) is 1. The molecule has 6 rings (SSSR count). The predicted octanol–water partition coefficient (Wildman–Crippen LogP) is 4.03. The summed E-state index contributed by atoms with van der Waals surface area (Å²) in [7, 11) is 3.64. The molecule has 5 heterocycles. The Hall–Kier alpha value is -2.72. The lowest BCUT2D eigenvalue weighted by Gasteiger charge is -2.42. The van der Waals surface area contributed by atoms with Crippen molar-refractivity contribution in [3.63, 3.8) is 0 Å². The monoisotopic (exact) mass is 524 g/mol. The van der Waals surface area contributed by atoms with Crippen molar-refractivity contribution in [1.29, 1.82) is 0 Å². The number of pyridine rings is 1. The summed E-state index contributed by atoms with van der Waals surface area (Å²) in [6.07, 6.45) is 5.00. The Labute approximate surface area is 217 Å². The minimum atomic E-state index is -1.29. The first-order chi connectivity index (χ1) is 16.8. The van der Waals surface area contributed by atoms with E-state index in [2.05, 4.69) is 4.98 Å². The average molecular weight is 525 g/mol. The molecule has 10 heteroatoms. The van der Waals surface area contributed by atoms with Gasteiger partial charge in [0.25, 0.3) is 5.91 Å². The molecule has 0 unspecified atom stereocenters. The van der Waals surface area contributed by atoms with Gasteiger partial charge in [-0.1, -0.05) is 35.6 Å². The van der Waals surface area contributed by atoms with E-state index >= 15 is 0 Å². The highest BCUT2D eigenvalue weighted by Gasteiger charge is 2.78. The highest BCUT2D eigenvalue weighted by atomic mass is 35.5. The molecule has 1 aromatic carbocycles. The number of nitrogens with zero attached hydrogens (tertiary/aromatic N) is 4. The number of carbonyl (C=O) groups is 2. The van der Waals surface area contributed by atoms with E-state index in [1.54, 1.807) is 47.6 Å². The number of furan rings is 1. The molecule has 3 atom stereocenters. The van der Waals surface area contributed by atoms with Gasteiger partial charge < -0.3 is 9.32 Å². The zero-order valence-corrected chi connectivity index (χ0v) is 21.4. The van der Waals surface area contributed by atoms with Crippen molar-refractivity contribution in [2.45, 2.75) is 22.7 Å². The molecule has 3 aliphatic rings. The normalized spacial score (nSPS) is 28.2. The Morgan fingerprint density at radius 3 is 2.66 bits per heavy atom. The van der Waals surface area contributed by atoms with Crippen LogP contribution >= 0.6 is 35.6 Å². The van der Waals surface area contributed by atoms with Crippen molar-refractivity contribution in [2.24, 2.45) is 0 Å². The van der Waals surface area contributed by atoms with Crippen LogP contribution in [0.4, 0.5) is 5.69 Å². The number of anilines is 1. The number of halogens is 1. The molecular formula is C25H21ClN4O3S2. The van der Waals surface area contributed by atoms with Gasteiger partial charge in [0.1, 0.15) is 14.8 Å². The van der Waals surface area contributed by atoms with Crippen molar-refractivity contribution in [1.82, 2.24) is 14.8 Å². The molecule has 0 radical (unpaired) electrons. The fourth-order valence-electron chi connectivity index (χ4n) is 5.96. The average Bonchev–Trinajstić information content (AvgIpc) is 3.57. The lowest BCUT2D eigenvalue weighted by molar-refractivity contribution is -0.139. The van der Waals surface area contributed by atoms with Crippen LogP contribution in [0.5, 0.6) is 0 Å². The van der Waals surface area contributed by atoms with E-state index in [4.69, 9.17) is 28.2 Å². The van der Waals surface area contributed by atoms with Gasteiger partial charge in [0.05, 0.1) is 12.8 Å². The van der Waals surface area contributed by atoms with Gasteiger partial charge in [-0.15, -0.1) is 0 Å². The number of likely N-dealkylation sites (N-methyl/N-ethyl adjacent to an activating group) is 2. The second kappa shape index (κ2) is 7.89. The smallest absolute Gasteiger partial charge is 0.254 e. The zero-order chi connectivity index (χ0) is 24.5. The molecule has 0 bridgehead atoms. The van der Waals surface area contributed by atoms with Crippen LogP contribution in [0, 0.1) is 0 Å². The van der Waals surface area contributed by atoms with Crippen LogP contribution in [0.2, 0.25) is 5.02 Å². The summed E-state index contributed by atoms with van der Waals surface area (Å²) in [6.45, 7) is 0.681. The fourth-order valence-corrected chi connectivity index (χ4v) is 8.26. The second-order valence-corrected chi connectivity index (χ2v) is 11.3. The Kier molecular flexibility index (Phi) is 5.12. The van der Waals surface area contributed by atoms with E-state index in [0.717, 1.165) is 16.8 Å². The van der Waals surface area contributed by atoms with Gasteiger partial charge in [-0.3, -0.25) is 24.4 Å². The Bertz CT molecular complexity index is 1370. The number of hydrogen-bond donors (Lipinski definition) is 0. The number of thioether (sulfide) groups is 1. The summed E-state index contributed by atoms with van der Waals surface area (Å²) in [4.78, 5) is 38.3. The number of amides is 2. The standard InChI is InChI=1S/C25H21ClN4O3S2/c1-28-14-19(15-7-9-27-10-8-15)25(22(32)30(23(34)35-25)13-17-4-3-11-33-17)24(28)18-12-16(26)5-6-20(18)29(2)21(24)31/h3-12,19H,13-14H2,1-2H3/t19-,24+,25+/m1/s1. The minimum absolute atomic E-state index is 0.169. The summed E-state index contributed by atoms with van der Waals surface area (Å²) in [6, 6.07) is 12.8. The summed E-state index contributed by atoms with van der Waals surface area (Å²) >= 11 is 13.6. The maximum Gasteiger partial charge on any atom is 0.254 e. The lowest BCUT2D eigenvalue weighted by Crippen LogP contribution is -2.62. The molecule has 178 valence electrons. The zero-order valence-electron chi connectivity index (χ0n) is 19.0. The van der Waals surface area contributed by atoms with Crippen LogP contribution in [-0.4, -0.2) is 56.3 Å². The number of hydrogen-bond acceptors (Lipinski definition) is 7. The first-order valence-electron chi connectivity index (χ1n) is 11.1. The van der Waals surface area contributed by atoms with Gasteiger partial charge in [0.2, 0.25) is 5.91 Å². The van der Waals surface area contributed by atoms with Crippen molar-refractivity contribution in [3.05, 3.63) is 83.0 Å².